The van der Waals surface area contributed by atoms with E-state index in [9.17, 15) is 0 Å². The fraction of sp³-hybridized carbons (Fsp3) is 0.265. The molecule has 0 radical (unpaired) electrons. The van der Waals surface area contributed by atoms with Gasteiger partial charge in [0, 0.05) is 11.2 Å². The van der Waals surface area contributed by atoms with E-state index in [0.29, 0.717) is 12.3 Å². The zero-order valence-corrected chi connectivity index (χ0v) is 24.7. The van der Waals surface area contributed by atoms with Gasteiger partial charge in [-0.25, -0.2) is 4.99 Å². The summed E-state index contributed by atoms with van der Waals surface area (Å²) in [5, 5.41) is 2.85. The molecule has 3 aromatic carbocycles. The van der Waals surface area contributed by atoms with Crippen molar-refractivity contribution >= 4 is 24.4 Å². The van der Waals surface area contributed by atoms with Crippen LogP contribution in [0.25, 0.3) is 0 Å². The van der Waals surface area contributed by atoms with E-state index in [1.165, 1.54) is 41.0 Å². The molecule has 3 aliphatic rings. The van der Waals surface area contributed by atoms with Crippen molar-refractivity contribution in [2.24, 2.45) is 4.99 Å². The molecular weight excluding hydrogens is 525 g/mol. The summed E-state index contributed by atoms with van der Waals surface area (Å²) < 4.78 is 6.17. The van der Waals surface area contributed by atoms with Crippen LogP contribution in [0.2, 0.25) is 0 Å². The number of hydrogen-bond acceptors (Lipinski definition) is 2. The van der Waals surface area contributed by atoms with Gasteiger partial charge in [-0.2, -0.15) is 0 Å². The van der Waals surface area contributed by atoms with E-state index in [0.717, 1.165) is 25.2 Å². The van der Waals surface area contributed by atoms with Gasteiger partial charge in [0.2, 0.25) is 5.90 Å². The normalized spacial score (nSPS) is 19.1. The fourth-order valence-electron chi connectivity index (χ4n) is 5.03. The zero-order chi connectivity index (χ0) is 23.7. The maximum atomic E-state index is 6.17. The van der Waals surface area contributed by atoms with Crippen LogP contribution < -0.4 is 10.6 Å². The van der Waals surface area contributed by atoms with E-state index >= 15 is 0 Å². The quantitative estimate of drug-likeness (QED) is 0.129. The zero-order valence-electron chi connectivity index (χ0n) is 22.7. The molecule has 0 aromatic heterocycles. The van der Waals surface area contributed by atoms with Crippen molar-refractivity contribution < 1.29 is 21.8 Å². The molecule has 0 fully saturated rings. The smallest absolute Gasteiger partial charge is 0.475 e. The first-order valence-electron chi connectivity index (χ1n) is 12.9. The maximum absolute atomic E-state index is 6.17. The summed E-state index contributed by atoms with van der Waals surface area (Å²) >= 11 is 0. The summed E-state index contributed by atoms with van der Waals surface area (Å²) in [7, 11) is -0.499. The minimum atomic E-state index is -0.499. The van der Waals surface area contributed by atoms with Crippen LogP contribution in [0.1, 0.15) is 37.7 Å². The van der Waals surface area contributed by atoms with Gasteiger partial charge in [0.1, 0.15) is 6.61 Å². The van der Waals surface area contributed by atoms with Crippen molar-refractivity contribution in [3.63, 3.8) is 0 Å². The number of ether oxygens (including phenoxy) is 1. The van der Waals surface area contributed by atoms with E-state index in [1.54, 1.807) is 0 Å². The number of benzene rings is 3. The van der Waals surface area contributed by atoms with Gasteiger partial charge in [-0.3, -0.25) is 0 Å². The molecular formula is C34H40FeNOP. The van der Waals surface area contributed by atoms with Crippen LogP contribution in [-0.4, -0.2) is 24.2 Å². The van der Waals surface area contributed by atoms with Crippen molar-refractivity contribution in [1.29, 1.82) is 0 Å². The van der Waals surface area contributed by atoms with Crippen molar-refractivity contribution in [2.75, 3.05) is 6.61 Å². The molecule has 3 aromatic rings. The molecule has 1 heterocycles. The molecule has 0 saturated heterocycles. The Labute approximate surface area is 242 Å². The van der Waals surface area contributed by atoms with Gasteiger partial charge in [-0.1, -0.05) is 109 Å². The van der Waals surface area contributed by atoms with Crippen molar-refractivity contribution in [1.82, 2.24) is 0 Å². The van der Waals surface area contributed by atoms with Crippen LogP contribution in [-0.2, 0) is 28.2 Å². The maximum Gasteiger partial charge on any atom is 2.00 e. The van der Waals surface area contributed by atoms with Gasteiger partial charge in [0.05, 0.1) is 6.04 Å². The molecule has 38 heavy (non-hydrogen) atoms. The summed E-state index contributed by atoms with van der Waals surface area (Å²) in [6.45, 7) is 0.683. The van der Waals surface area contributed by atoms with Crippen LogP contribution in [0.5, 0.6) is 0 Å². The van der Waals surface area contributed by atoms with E-state index < -0.39 is 7.92 Å². The third-order valence-electron chi connectivity index (χ3n) is 6.73. The molecule has 1 aliphatic heterocycles. The second kappa shape index (κ2) is 16.5. The van der Waals surface area contributed by atoms with Crippen LogP contribution in [0.3, 0.4) is 0 Å². The minimum absolute atomic E-state index is 0. The largest absolute Gasteiger partial charge is 2.00 e. The summed E-state index contributed by atoms with van der Waals surface area (Å²) in [6, 6.07) is 32.8. The van der Waals surface area contributed by atoms with Gasteiger partial charge in [0.25, 0.3) is 0 Å². The molecule has 0 saturated carbocycles. The standard InChI is InChI=1S/C27H26NOP.C5H8.2CH3.Fe/c1-4-11-21(12-5-1)19-22-20-29-27(28-22)25-17-10-18-26(25)30(23-13-6-2-7-14-23)24-15-8-3-9-16-24;1-2-4-5-3-1;;;/h1-9,11-17,22,26H,10,18-20H2;1-2H,3-5H2;2*1H3;/q;;2*-1;+2/t22-,26?;;;;/m1..../s1. The number of allylic oxidation sites excluding steroid dienone is 3. The van der Waals surface area contributed by atoms with Crippen LogP contribution in [0, 0.1) is 14.9 Å². The first-order chi connectivity index (χ1) is 17.4. The molecule has 2 atom stereocenters. The summed E-state index contributed by atoms with van der Waals surface area (Å²) in [5.74, 6) is 0.887. The summed E-state index contributed by atoms with van der Waals surface area (Å²) in [4.78, 5) is 5.02. The topological polar surface area (TPSA) is 21.6 Å². The second-order valence-electron chi connectivity index (χ2n) is 9.28. The Kier molecular flexibility index (Phi) is 13.8. The Bertz CT molecular complexity index is 1120. The molecule has 0 amide bonds. The molecule has 200 valence electrons. The van der Waals surface area contributed by atoms with Gasteiger partial charge < -0.3 is 19.6 Å². The fourth-order valence-corrected chi connectivity index (χ4v) is 7.93. The Morgan fingerprint density at radius 2 is 1.29 bits per heavy atom. The number of nitrogens with zero attached hydrogens (tertiary/aromatic N) is 1. The molecule has 0 spiro atoms. The molecule has 2 nitrogen and oxygen atoms in total. The summed E-state index contributed by atoms with van der Waals surface area (Å²) in [6.07, 6.45) is 14.1. The number of rotatable bonds is 6. The molecule has 6 rings (SSSR count). The van der Waals surface area contributed by atoms with Gasteiger partial charge in [0.15, 0.2) is 0 Å². The minimum Gasteiger partial charge on any atom is -0.475 e. The molecule has 0 bridgehead atoms. The average molecular weight is 566 g/mol. The Morgan fingerprint density at radius 1 is 0.737 bits per heavy atom. The monoisotopic (exact) mass is 565 g/mol. The van der Waals surface area contributed by atoms with Crippen LogP contribution in [0.4, 0.5) is 0 Å². The van der Waals surface area contributed by atoms with Crippen molar-refractivity contribution in [2.45, 2.75) is 50.2 Å². The predicted molar refractivity (Wildman–Crippen MR) is 163 cm³/mol. The van der Waals surface area contributed by atoms with Crippen LogP contribution >= 0.6 is 7.92 Å². The average Bonchev–Trinajstić information content (AvgIpc) is 3.71. The van der Waals surface area contributed by atoms with Gasteiger partial charge in [-0.05, 0) is 62.6 Å². The number of hydrogen-bond donors (Lipinski definition) is 0. The Morgan fingerprint density at radius 3 is 1.82 bits per heavy atom. The van der Waals surface area contributed by atoms with Gasteiger partial charge in [-0.15, -0.1) is 0 Å². The van der Waals surface area contributed by atoms with Crippen molar-refractivity contribution in [3.8, 4) is 0 Å². The molecule has 2 aliphatic carbocycles. The van der Waals surface area contributed by atoms with Crippen molar-refractivity contribution in [3.05, 3.63) is 135 Å². The first-order valence-corrected chi connectivity index (χ1v) is 14.3. The molecule has 4 heteroatoms. The third kappa shape index (κ3) is 8.28. The second-order valence-corrected chi connectivity index (χ2v) is 11.7. The van der Waals surface area contributed by atoms with E-state index in [1.807, 2.05) is 0 Å². The third-order valence-corrected chi connectivity index (χ3v) is 9.59. The van der Waals surface area contributed by atoms with Gasteiger partial charge >= 0.3 is 17.1 Å². The SMILES string of the molecule is C1=C(C2=N[C@H](Cc3ccccc3)CO2)C(P(c2ccccc2)c2ccccc2)CC1.C1=CCCC1.[CH3-].[CH3-].[Fe+2]. The Hall–Kier alpha value is -2.44. The first kappa shape index (κ1) is 31.8. The summed E-state index contributed by atoms with van der Waals surface area (Å²) in [5.41, 5.74) is 3.10. The Balaban J connectivity index is 0.000000572. The van der Waals surface area contributed by atoms with E-state index in [2.05, 4.69) is 109 Å². The predicted octanol–water partition coefficient (Wildman–Crippen LogP) is 7.87. The van der Waals surface area contributed by atoms with E-state index in [4.69, 9.17) is 9.73 Å². The molecule has 1 unspecified atom stereocenters. The van der Waals surface area contributed by atoms with Crippen LogP contribution in [0.15, 0.2) is 120 Å². The van der Waals surface area contributed by atoms with E-state index in [-0.39, 0.29) is 38.0 Å². The molecule has 0 N–H and O–H groups in total. The number of aliphatic imine (C=N–C) groups is 1.